The molecular formula is C14H19ClN2. The molecule has 1 unspecified atom stereocenters. The molecule has 0 aliphatic carbocycles. The lowest BCUT2D eigenvalue weighted by atomic mass is 10.2. The second kappa shape index (κ2) is 4.71. The van der Waals surface area contributed by atoms with Crippen molar-refractivity contribution < 1.29 is 0 Å². The predicted octanol–water partition coefficient (Wildman–Crippen LogP) is 4.16. The van der Waals surface area contributed by atoms with Gasteiger partial charge in [0.15, 0.2) is 0 Å². The lowest BCUT2D eigenvalue weighted by Gasteiger charge is -2.19. The Kier molecular flexibility index (Phi) is 3.45. The first kappa shape index (κ1) is 12.5. The van der Waals surface area contributed by atoms with Gasteiger partial charge in [-0.05, 0) is 46.0 Å². The summed E-state index contributed by atoms with van der Waals surface area (Å²) in [5.41, 5.74) is 2.52. The van der Waals surface area contributed by atoms with Crippen LogP contribution < -0.4 is 5.32 Å². The van der Waals surface area contributed by atoms with Gasteiger partial charge in [-0.2, -0.15) is 0 Å². The Morgan fingerprint density at radius 3 is 2.47 bits per heavy atom. The maximum Gasteiger partial charge on any atom is 0.0500 e. The van der Waals surface area contributed by atoms with Crippen LogP contribution in [0.4, 0.5) is 0 Å². The SMILES string of the molecule is CNC(C)c1cc2ccc(Cl)cc2n1C(C)C. The van der Waals surface area contributed by atoms with Crippen LogP contribution in [0.5, 0.6) is 0 Å². The van der Waals surface area contributed by atoms with Crippen molar-refractivity contribution in [3.05, 3.63) is 35.0 Å². The van der Waals surface area contributed by atoms with E-state index in [9.17, 15) is 0 Å². The maximum absolute atomic E-state index is 6.09. The lowest BCUT2D eigenvalue weighted by Crippen LogP contribution is -2.17. The summed E-state index contributed by atoms with van der Waals surface area (Å²) in [6.45, 7) is 6.58. The van der Waals surface area contributed by atoms with Crippen molar-refractivity contribution in [2.75, 3.05) is 7.05 Å². The summed E-state index contributed by atoms with van der Waals surface area (Å²) in [5.74, 6) is 0. The van der Waals surface area contributed by atoms with Crippen LogP contribution in [-0.4, -0.2) is 11.6 Å². The molecule has 17 heavy (non-hydrogen) atoms. The molecule has 2 aromatic rings. The fourth-order valence-electron chi connectivity index (χ4n) is 2.27. The Labute approximate surface area is 108 Å². The first-order valence-corrected chi connectivity index (χ1v) is 6.40. The van der Waals surface area contributed by atoms with Gasteiger partial charge in [0.05, 0.1) is 0 Å². The summed E-state index contributed by atoms with van der Waals surface area (Å²) in [4.78, 5) is 0. The van der Waals surface area contributed by atoms with Crippen LogP contribution in [0.15, 0.2) is 24.3 Å². The minimum atomic E-state index is 0.337. The standard InChI is InChI=1S/C14H19ClN2/c1-9(2)17-13(10(3)16-4)7-11-5-6-12(15)8-14(11)17/h5-10,16H,1-4H3. The molecule has 1 heterocycles. The molecule has 1 aromatic carbocycles. The van der Waals surface area contributed by atoms with E-state index in [1.54, 1.807) is 0 Å². The van der Waals surface area contributed by atoms with Gasteiger partial charge in [0, 0.05) is 33.7 Å². The van der Waals surface area contributed by atoms with Gasteiger partial charge in [-0.3, -0.25) is 0 Å². The summed E-state index contributed by atoms with van der Waals surface area (Å²) in [5, 5.41) is 5.34. The van der Waals surface area contributed by atoms with Crippen LogP contribution in [0.2, 0.25) is 5.02 Å². The Bertz CT molecular complexity index is 528. The summed E-state index contributed by atoms with van der Waals surface area (Å²) in [6.07, 6.45) is 0. The molecule has 2 nitrogen and oxygen atoms in total. The van der Waals surface area contributed by atoms with Crippen LogP contribution in [-0.2, 0) is 0 Å². The average molecular weight is 251 g/mol. The number of hydrogen-bond acceptors (Lipinski definition) is 1. The van der Waals surface area contributed by atoms with Crippen LogP contribution in [0.1, 0.15) is 38.5 Å². The zero-order valence-corrected chi connectivity index (χ0v) is 11.5. The quantitative estimate of drug-likeness (QED) is 0.866. The Hall–Kier alpha value is -0.990. The molecule has 1 aromatic heterocycles. The molecule has 0 saturated carbocycles. The molecule has 2 rings (SSSR count). The fourth-order valence-corrected chi connectivity index (χ4v) is 2.44. The highest BCUT2D eigenvalue weighted by molar-refractivity contribution is 6.31. The van der Waals surface area contributed by atoms with Crippen molar-refractivity contribution in [3.63, 3.8) is 0 Å². The molecule has 1 atom stereocenters. The molecule has 0 bridgehead atoms. The van der Waals surface area contributed by atoms with Gasteiger partial charge in [-0.1, -0.05) is 17.7 Å². The lowest BCUT2D eigenvalue weighted by molar-refractivity contribution is 0.535. The number of aromatic nitrogens is 1. The molecule has 92 valence electrons. The van der Waals surface area contributed by atoms with Crippen molar-refractivity contribution in [3.8, 4) is 0 Å². The highest BCUT2D eigenvalue weighted by atomic mass is 35.5. The van der Waals surface area contributed by atoms with Crippen LogP contribution in [0.3, 0.4) is 0 Å². The third-order valence-electron chi connectivity index (χ3n) is 3.23. The van der Waals surface area contributed by atoms with Crippen LogP contribution in [0, 0.1) is 0 Å². The van der Waals surface area contributed by atoms with E-state index in [2.05, 4.69) is 42.8 Å². The Balaban J connectivity index is 2.71. The molecule has 3 heteroatoms. The monoisotopic (exact) mass is 250 g/mol. The summed E-state index contributed by atoms with van der Waals surface area (Å²) in [6, 6.07) is 9.08. The summed E-state index contributed by atoms with van der Waals surface area (Å²) < 4.78 is 2.35. The minimum absolute atomic E-state index is 0.337. The third kappa shape index (κ3) is 2.20. The first-order valence-electron chi connectivity index (χ1n) is 6.02. The highest BCUT2D eigenvalue weighted by Gasteiger charge is 2.15. The normalized spacial score (nSPS) is 13.5. The minimum Gasteiger partial charge on any atom is -0.340 e. The summed E-state index contributed by atoms with van der Waals surface area (Å²) >= 11 is 6.09. The van der Waals surface area contributed by atoms with Gasteiger partial charge in [0.1, 0.15) is 0 Å². The molecule has 1 N–H and O–H groups in total. The van der Waals surface area contributed by atoms with Crippen LogP contribution >= 0.6 is 11.6 Å². The Morgan fingerprint density at radius 1 is 1.18 bits per heavy atom. The van der Waals surface area contributed by atoms with Crippen molar-refractivity contribution in [1.29, 1.82) is 0 Å². The van der Waals surface area contributed by atoms with Crippen molar-refractivity contribution >= 4 is 22.5 Å². The second-order valence-corrected chi connectivity index (χ2v) is 5.18. The number of hydrogen-bond donors (Lipinski definition) is 1. The van der Waals surface area contributed by atoms with Gasteiger partial charge >= 0.3 is 0 Å². The molecule has 0 amide bonds. The predicted molar refractivity (Wildman–Crippen MR) is 74.8 cm³/mol. The molecule has 0 saturated heterocycles. The Morgan fingerprint density at radius 2 is 1.88 bits per heavy atom. The zero-order chi connectivity index (χ0) is 12.6. The van der Waals surface area contributed by atoms with E-state index in [1.165, 1.54) is 16.6 Å². The fraction of sp³-hybridized carbons (Fsp3) is 0.429. The molecule has 0 aliphatic rings. The zero-order valence-electron chi connectivity index (χ0n) is 10.8. The van der Waals surface area contributed by atoms with Crippen LogP contribution in [0.25, 0.3) is 10.9 Å². The number of nitrogens with one attached hydrogen (secondary N) is 1. The van der Waals surface area contributed by atoms with E-state index >= 15 is 0 Å². The van der Waals surface area contributed by atoms with Gasteiger partial charge in [0.25, 0.3) is 0 Å². The van der Waals surface area contributed by atoms with Gasteiger partial charge in [0.2, 0.25) is 0 Å². The van der Waals surface area contributed by atoms with E-state index in [1.807, 2.05) is 19.2 Å². The van der Waals surface area contributed by atoms with E-state index in [-0.39, 0.29) is 0 Å². The van der Waals surface area contributed by atoms with E-state index in [4.69, 9.17) is 11.6 Å². The highest BCUT2D eigenvalue weighted by Crippen LogP contribution is 2.29. The van der Waals surface area contributed by atoms with E-state index in [0.29, 0.717) is 12.1 Å². The molecule has 0 aliphatic heterocycles. The van der Waals surface area contributed by atoms with E-state index in [0.717, 1.165) is 5.02 Å². The topological polar surface area (TPSA) is 17.0 Å². The number of benzene rings is 1. The molecule has 0 radical (unpaired) electrons. The van der Waals surface area contributed by atoms with Crippen molar-refractivity contribution in [1.82, 2.24) is 9.88 Å². The van der Waals surface area contributed by atoms with Crippen molar-refractivity contribution in [2.24, 2.45) is 0 Å². The second-order valence-electron chi connectivity index (χ2n) is 4.75. The molecule has 0 spiro atoms. The third-order valence-corrected chi connectivity index (χ3v) is 3.46. The smallest absolute Gasteiger partial charge is 0.0500 e. The maximum atomic E-state index is 6.09. The van der Waals surface area contributed by atoms with E-state index < -0.39 is 0 Å². The van der Waals surface area contributed by atoms with Gasteiger partial charge < -0.3 is 9.88 Å². The average Bonchev–Trinajstić information content (AvgIpc) is 2.66. The largest absolute Gasteiger partial charge is 0.340 e. The number of nitrogens with zero attached hydrogens (tertiary/aromatic N) is 1. The summed E-state index contributed by atoms with van der Waals surface area (Å²) in [7, 11) is 1.99. The number of fused-ring (bicyclic) bond motifs is 1. The number of halogens is 1. The van der Waals surface area contributed by atoms with Gasteiger partial charge in [-0.15, -0.1) is 0 Å². The van der Waals surface area contributed by atoms with Crippen molar-refractivity contribution in [2.45, 2.75) is 32.9 Å². The first-order chi connectivity index (χ1) is 8.04. The number of rotatable bonds is 3. The molecule has 0 fully saturated rings. The molecular weight excluding hydrogens is 232 g/mol. The van der Waals surface area contributed by atoms with Gasteiger partial charge in [-0.25, -0.2) is 0 Å².